The van der Waals surface area contributed by atoms with Crippen molar-refractivity contribution < 1.29 is 9.21 Å². The highest BCUT2D eigenvalue weighted by atomic mass is 16.3. The number of hydrogen-bond donors (Lipinski definition) is 3. The Labute approximate surface area is 125 Å². The monoisotopic (exact) mass is 298 g/mol. The molecular formula is C14H14N6O2. The number of benzene rings is 1. The molecule has 0 aliphatic carbocycles. The summed E-state index contributed by atoms with van der Waals surface area (Å²) >= 11 is 0. The highest BCUT2D eigenvalue weighted by Crippen LogP contribution is 2.26. The van der Waals surface area contributed by atoms with Gasteiger partial charge in [0.25, 0.3) is 5.91 Å². The molecule has 3 aromatic rings. The fourth-order valence-electron chi connectivity index (χ4n) is 2.69. The van der Waals surface area contributed by atoms with Crippen LogP contribution in [0.3, 0.4) is 0 Å². The second-order valence-electron chi connectivity index (χ2n) is 5.20. The van der Waals surface area contributed by atoms with Crippen molar-refractivity contribution in [3.8, 4) is 0 Å². The molecule has 8 heteroatoms. The van der Waals surface area contributed by atoms with Crippen LogP contribution in [0.4, 0.5) is 5.69 Å². The van der Waals surface area contributed by atoms with E-state index in [0.29, 0.717) is 22.7 Å². The number of oxazole rings is 1. The maximum Gasteiger partial charge on any atom is 0.277 e. The molecule has 1 atom stereocenters. The van der Waals surface area contributed by atoms with Crippen molar-refractivity contribution in [1.82, 2.24) is 25.7 Å². The van der Waals surface area contributed by atoms with E-state index >= 15 is 0 Å². The smallest absolute Gasteiger partial charge is 0.277 e. The van der Waals surface area contributed by atoms with Crippen molar-refractivity contribution in [2.24, 2.45) is 0 Å². The lowest BCUT2D eigenvalue weighted by atomic mass is 10.1. The maximum atomic E-state index is 12.4. The van der Waals surface area contributed by atoms with Crippen LogP contribution < -0.4 is 10.6 Å². The summed E-state index contributed by atoms with van der Waals surface area (Å²) in [6.07, 6.45) is 3.32. The summed E-state index contributed by atoms with van der Waals surface area (Å²) < 4.78 is 5.40. The fourth-order valence-corrected chi connectivity index (χ4v) is 2.69. The van der Waals surface area contributed by atoms with Crippen molar-refractivity contribution in [2.75, 3.05) is 11.9 Å². The third-order valence-electron chi connectivity index (χ3n) is 3.76. The number of aromatic nitrogens is 4. The van der Waals surface area contributed by atoms with E-state index in [-0.39, 0.29) is 11.9 Å². The number of hydrogen-bond acceptors (Lipinski definition) is 6. The Morgan fingerprint density at radius 3 is 3.09 bits per heavy atom. The molecule has 0 bridgehead atoms. The van der Waals surface area contributed by atoms with Crippen molar-refractivity contribution in [3.63, 3.8) is 0 Å². The van der Waals surface area contributed by atoms with E-state index in [0.717, 1.165) is 24.9 Å². The van der Waals surface area contributed by atoms with Gasteiger partial charge in [-0.3, -0.25) is 4.79 Å². The van der Waals surface area contributed by atoms with Crippen LogP contribution in [0.1, 0.15) is 35.1 Å². The van der Waals surface area contributed by atoms with Gasteiger partial charge in [-0.05, 0) is 37.6 Å². The maximum absolute atomic E-state index is 12.4. The zero-order valence-electron chi connectivity index (χ0n) is 11.7. The predicted octanol–water partition coefficient (Wildman–Crippen LogP) is 1.62. The molecule has 3 heterocycles. The van der Waals surface area contributed by atoms with Gasteiger partial charge in [-0.2, -0.15) is 15.4 Å². The van der Waals surface area contributed by atoms with E-state index < -0.39 is 0 Å². The lowest BCUT2D eigenvalue weighted by Crippen LogP contribution is -2.19. The molecule has 1 aromatic carbocycles. The second kappa shape index (κ2) is 5.23. The van der Waals surface area contributed by atoms with Gasteiger partial charge in [-0.1, -0.05) is 0 Å². The molecule has 3 N–H and O–H groups in total. The predicted molar refractivity (Wildman–Crippen MR) is 78.3 cm³/mol. The quantitative estimate of drug-likeness (QED) is 0.678. The first-order valence-electron chi connectivity index (χ1n) is 7.10. The van der Waals surface area contributed by atoms with Gasteiger partial charge in [0, 0.05) is 5.69 Å². The third kappa shape index (κ3) is 2.23. The molecule has 0 radical (unpaired) electrons. The molecule has 1 amide bonds. The number of aromatic amines is 1. The van der Waals surface area contributed by atoms with E-state index in [1.807, 2.05) is 0 Å². The number of nitrogens with zero attached hydrogens (tertiary/aromatic N) is 3. The average Bonchev–Trinajstić information content (AvgIpc) is 3.26. The van der Waals surface area contributed by atoms with Crippen LogP contribution in [-0.2, 0) is 0 Å². The van der Waals surface area contributed by atoms with Crippen LogP contribution >= 0.6 is 0 Å². The molecule has 1 aliphatic rings. The van der Waals surface area contributed by atoms with E-state index in [1.54, 1.807) is 18.2 Å². The van der Waals surface area contributed by atoms with E-state index in [9.17, 15) is 4.79 Å². The lowest BCUT2D eigenvalue weighted by molar-refractivity contribution is 0.102. The molecule has 4 rings (SSSR count). The number of carbonyl (C=O) groups excluding carboxylic acids is 1. The molecule has 1 aliphatic heterocycles. The van der Waals surface area contributed by atoms with Gasteiger partial charge in [0.15, 0.2) is 17.8 Å². The first-order valence-corrected chi connectivity index (χ1v) is 7.10. The Morgan fingerprint density at radius 2 is 2.23 bits per heavy atom. The summed E-state index contributed by atoms with van der Waals surface area (Å²) in [6.45, 7) is 0.926. The minimum atomic E-state index is -0.291. The fraction of sp³-hybridized carbons (Fsp3) is 0.286. The van der Waals surface area contributed by atoms with Gasteiger partial charge in [0.2, 0.25) is 0 Å². The van der Waals surface area contributed by atoms with Gasteiger partial charge in [-0.25, -0.2) is 4.98 Å². The molecule has 1 unspecified atom stereocenters. The normalized spacial score (nSPS) is 17.9. The highest BCUT2D eigenvalue weighted by molar-refractivity contribution is 6.04. The number of anilines is 1. The summed E-state index contributed by atoms with van der Waals surface area (Å²) in [4.78, 5) is 16.5. The molecule has 0 spiro atoms. The molecule has 1 fully saturated rings. The largest absolute Gasteiger partial charge is 0.446 e. The van der Waals surface area contributed by atoms with Crippen LogP contribution in [0, 0.1) is 0 Å². The van der Waals surface area contributed by atoms with Crippen LogP contribution in [0.25, 0.3) is 11.0 Å². The molecule has 1 saturated heterocycles. The minimum Gasteiger partial charge on any atom is -0.446 e. The number of H-pyrrole nitrogens is 1. The van der Waals surface area contributed by atoms with Crippen LogP contribution in [0.2, 0.25) is 0 Å². The Kier molecular flexibility index (Phi) is 3.08. The third-order valence-corrected chi connectivity index (χ3v) is 3.76. The number of rotatable bonds is 3. The van der Waals surface area contributed by atoms with Crippen LogP contribution in [0.5, 0.6) is 0 Å². The first kappa shape index (κ1) is 13.0. The molecule has 112 valence electrons. The Hall–Kier alpha value is -2.74. The van der Waals surface area contributed by atoms with Crippen LogP contribution in [-0.4, -0.2) is 32.8 Å². The molecule has 2 aromatic heterocycles. The molecule has 8 nitrogen and oxygen atoms in total. The topological polar surface area (TPSA) is 109 Å². The number of carbonyl (C=O) groups is 1. The summed E-state index contributed by atoms with van der Waals surface area (Å²) in [7, 11) is 0. The molecular weight excluding hydrogens is 284 g/mol. The zero-order valence-corrected chi connectivity index (χ0v) is 11.7. The van der Waals surface area contributed by atoms with Crippen molar-refractivity contribution in [1.29, 1.82) is 0 Å². The Bertz CT molecular complexity index is 817. The minimum absolute atomic E-state index is 0.0567. The number of fused-ring (bicyclic) bond motifs is 1. The highest BCUT2D eigenvalue weighted by Gasteiger charge is 2.26. The number of nitrogens with one attached hydrogen (secondary N) is 3. The zero-order chi connectivity index (χ0) is 14.9. The second-order valence-corrected chi connectivity index (χ2v) is 5.20. The standard InChI is InChI=1S/C14H14N6O2/c21-14(12-13(22-7-16-12)10-2-1-5-15-10)17-8-3-4-9-11(6-8)19-20-18-9/h3-4,6-7,10,15H,1-2,5H2,(H,17,21)(H,18,19,20). The van der Waals surface area contributed by atoms with Gasteiger partial charge >= 0.3 is 0 Å². The summed E-state index contributed by atoms with van der Waals surface area (Å²) in [5, 5.41) is 16.6. The van der Waals surface area contributed by atoms with Crippen LogP contribution in [0.15, 0.2) is 29.0 Å². The van der Waals surface area contributed by atoms with Crippen molar-refractivity contribution >= 4 is 22.6 Å². The number of amides is 1. The van der Waals surface area contributed by atoms with E-state index in [2.05, 4.69) is 31.0 Å². The Balaban J connectivity index is 1.58. The van der Waals surface area contributed by atoms with E-state index in [4.69, 9.17) is 4.42 Å². The summed E-state index contributed by atoms with van der Waals surface area (Å²) in [5.41, 5.74) is 2.39. The molecule has 0 saturated carbocycles. The summed E-state index contributed by atoms with van der Waals surface area (Å²) in [5.74, 6) is 0.304. The SMILES string of the molecule is O=C(Nc1ccc2n[nH]nc2c1)c1ncoc1C1CCCN1. The lowest BCUT2D eigenvalue weighted by Gasteiger charge is -2.09. The first-order chi connectivity index (χ1) is 10.8. The van der Waals surface area contributed by atoms with Gasteiger partial charge in [-0.15, -0.1) is 0 Å². The molecule has 22 heavy (non-hydrogen) atoms. The van der Waals surface area contributed by atoms with Crippen molar-refractivity contribution in [3.05, 3.63) is 36.0 Å². The average molecular weight is 298 g/mol. The van der Waals surface area contributed by atoms with Gasteiger partial charge < -0.3 is 15.1 Å². The van der Waals surface area contributed by atoms with Gasteiger partial charge in [0.05, 0.1) is 6.04 Å². The van der Waals surface area contributed by atoms with E-state index in [1.165, 1.54) is 6.39 Å². The Morgan fingerprint density at radius 1 is 1.32 bits per heavy atom. The van der Waals surface area contributed by atoms with Gasteiger partial charge in [0.1, 0.15) is 11.0 Å². The summed E-state index contributed by atoms with van der Waals surface area (Å²) in [6, 6.07) is 5.37. The van der Waals surface area contributed by atoms with Crippen molar-refractivity contribution in [2.45, 2.75) is 18.9 Å².